The molecular formula is C13H13BrF2N4O. The third-order valence-electron chi connectivity index (χ3n) is 2.95. The molecule has 5 nitrogen and oxygen atoms in total. The van der Waals surface area contributed by atoms with E-state index in [1.807, 2.05) is 0 Å². The number of anilines is 2. The van der Waals surface area contributed by atoms with E-state index in [-0.39, 0.29) is 21.5 Å². The number of carbonyl (C=O) groups is 1. The summed E-state index contributed by atoms with van der Waals surface area (Å²) in [5, 5.41) is 6.41. The van der Waals surface area contributed by atoms with Gasteiger partial charge in [0.05, 0.1) is 21.5 Å². The molecule has 0 spiro atoms. The van der Waals surface area contributed by atoms with Crippen LogP contribution in [0.3, 0.4) is 0 Å². The van der Waals surface area contributed by atoms with Gasteiger partial charge in [0.2, 0.25) is 0 Å². The first-order chi connectivity index (χ1) is 9.85. The van der Waals surface area contributed by atoms with Gasteiger partial charge in [-0.15, -0.1) is 0 Å². The summed E-state index contributed by atoms with van der Waals surface area (Å²) in [6, 6.07) is 1.84. The highest BCUT2D eigenvalue weighted by atomic mass is 79.9. The molecule has 0 saturated carbocycles. The normalized spacial score (nSPS) is 10.7. The van der Waals surface area contributed by atoms with Gasteiger partial charge in [-0.2, -0.15) is 5.10 Å². The van der Waals surface area contributed by atoms with Crippen LogP contribution in [0, 0.1) is 18.6 Å². The zero-order valence-electron chi connectivity index (χ0n) is 11.4. The van der Waals surface area contributed by atoms with Gasteiger partial charge < -0.3 is 11.1 Å². The summed E-state index contributed by atoms with van der Waals surface area (Å²) in [6.07, 6.45) is 0. The van der Waals surface area contributed by atoms with Crippen molar-refractivity contribution in [2.24, 2.45) is 0 Å². The van der Waals surface area contributed by atoms with Crippen LogP contribution in [0.5, 0.6) is 0 Å². The molecule has 0 fully saturated rings. The number of halogens is 3. The van der Waals surface area contributed by atoms with Crippen LogP contribution in [0.15, 0.2) is 16.6 Å². The molecule has 0 aliphatic carbocycles. The van der Waals surface area contributed by atoms with Crippen molar-refractivity contribution in [1.82, 2.24) is 9.78 Å². The summed E-state index contributed by atoms with van der Waals surface area (Å²) in [6.45, 7) is 3.89. The fourth-order valence-electron chi connectivity index (χ4n) is 1.86. The molecule has 0 aliphatic rings. The fourth-order valence-corrected chi connectivity index (χ4v) is 2.18. The predicted octanol–water partition coefficient (Wildman–Crippen LogP) is 3.09. The quantitative estimate of drug-likeness (QED) is 0.828. The van der Waals surface area contributed by atoms with Crippen LogP contribution in [0.25, 0.3) is 0 Å². The van der Waals surface area contributed by atoms with Crippen molar-refractivity contribution in [1.29, 1.82) is 0 Å². The van der Waals surface area contributed by atoms with Gasteiger partial charge in [-0.25, -0.2) is 8.78 Å². The van der Waals surface area contributed by atoms with E-state index in [2.05, 4.69) is 26.3 Å². The predicted molar refractivity (Wildman–Crippen MR) is 79.1 cm³/mol. The molecule has 0 aliphatic heterocycles. The Morgan fingerprint density at radius 1 is 1.43 bits per heavy atom. The lowest BCUT2D eigenvalue weighted by Gasteiger charge is -2.09. The maximum atomic E-state index is 13.7. The van der Waals surface area contributed by atoms with Crippen molar-refractivity contribution in [2.75, 3.05) is 11.1 Å². The second-order valence-electron chi connectivity index (χ2n) is 4.36. The molecule has 8 heteroatoms. The average Bonchev–Trinajstić information content (AvgIpc) is 2.71. The van der Waals surface area contributed by atoms with Crippen molar-refractivity contribution in [3.8, 4) is 0 Å². The maximum Gasteiger partial charge on any atom is 0.276 e. The minimum Gasteiger partial charge on any atom is -0.395 e. The summed E-state index contributed by atoms with van der Waals surface area (Å²) in [5.41, 5.74) is 6.39. The highest BCUT2D eigenvalue weighted by Crippen LogP contribution is 2.25. The van der Waals surface area contributed by atoms with E-state index in [0.717, 1.165) is 12.1 Å². The lowest BCUT2D eigenvalue weighted by Crippen LogP contribution is -2.19. The minimum atomic E-state index is -0.755. The number of aromatic nitrogens is 2. The summed E-state index contributed by atoms with van der Waals surface area (Å²) in [4.78, 5) is 12.2. The number of hydrogen-bond acceptors (Lipinski definition) is 3. The van der Waals surface area contributed by atoms with E-state index in [4.69, 9.17) is 5.73 Å². The molecule has 0 radical (unpaired) electrons. The van der Waals surface area contributed by atoms with Crippen molar-refractivity contribution < 1.29 is 13.6 Å². The van der Waals surface area contributed by atoms with Crippen molar-refractivity contribution in [2.45, 2.75) is 20.4 Å². The van der Waals surface area contributed by atoms with Crippen LogP contribution in [0.2, 0.25) is 0 Å². The molecule has 1 aromatic carbocycles. The van der Waals surface area contributed by atoms with Crippen molar-refractivity contribution >= 4 is 33.2 Å². The minimum absolute atomic E-state index is 0.0213. The summed E-state index contributed by atoms with van der Waals surface area (Å²) in [5.74, 6) is -2.08. The Hall–Kier alpha value is -1.96. The van der Waals surface area contributed by atoms with E-state index in [1.165, 1.54) is 4.68 Å². The Morgan fingerprint density at radius 3 is 2.71 bits per heavy atom. The van der Waals surface area contributed by atoms with E-state index in [1.54, 1.807) is 13.8 Å². The highest BCUT2D eigenvalue weighted by molar-refractivity contribution is 9.10. The molecule has 0 saturated heterocycles. The van der Waals surface area contributed by atoms with Gasteiger partial charge in [0.25, 0.3) is 5.91 Å². The van der Waals surface area contributed by atoms with Crippen molar-refractivity contribution in [3.63, 3.8) is 0 Å². The monoisotopic (exact) mass is 358 g/mol. The molecule has 0 bridgehead atoms. The number of nitrogens with one attached hydrogen (secondary N) is 1. The van der Waals surface area contributed by atoms with E-state index >= 15 is 0 Å². The number of nitrogen functional groups attached to an aromatic ring is 1. The lowest BCUT2D eigenvalue weighted by molar-refractivity contribution is 0.101. The first-order valence-electron chi connectivity index (χ1n) is 6.13. The molecule has 2 aromatic rings. The van der Waals surface area contributed by atoms with Gasteiger partial charge >= 0.3 is 0 Å². The molecular weight excluding hydrogens is 346 g/mol. The number of amides is 1. The van der Waals surface area contributed by atoms with Gasteiger partial charge in [0, 0.05) is 12.6 Å². The van der Waals surface area contributed by atoms with Crippen LogP contribution < -0.4 is 11.1 Å². The van der Waals surface area contributed by atoms with Gasteiger partial charge in [0.15, 0.2) is 0 Å². The van der Waals surface area contributed by atoms with Crippen LogP contribution in [0.1, 0.15) is 23.1 Å². The number of nitrogens with two attached hydrogens (primary N) is 1. The van der Waals surface area contributed by atoms with Gasteiger partial charge in [-0.05, 0) is 35.8 Å². The Kier molecular flexibility index (Phi) is 4.26. The molecule has 0 unspecified atom stereocenters. The average molecular weight is 359 g/mol. The first-order valence-corrected chi connectivity index (χ1v) is 6.93. The van der Waals surface area contributed by atoms with E-state index in [0.29, 0.717) is 12.2 Å². The third kappa shape index (κ3) is 2.90. The zero-order chi connectivity index (χ0) is 15.7. The number of rotatable bonds is 3. The first kappa shape index (κ1) is 15.4. The number of hydrogen-bond donors (Lipinski definition) is 2. The standard InChI is InChI=1S/C13H13BrF2N4O/c1-3-20-12(11(17)6(2)19-20)13(21)18-10-5-8(15)7(14)4-9(10)16/h4-5H,3,17H2,1-2H3,(H,18,21). The van der Waals surface area contributed by atoms with Crippen LogP contribution in [-0.4, -0.2) is 15.7 Å². The van der Waals surface area contributed by atoms with E-state index < -0.39 is 17.5 Å². The Bertz CT molecular complexity index is 715. The second kappa shape index (κ2) is 5.80. The maximum absolute atomic E-state index is 13.7. The van der Waals surface area contributed by atoms with Crippen LogP contribution in [0.4, 0.5) is 20.2 Å². The van der Waals surface area contributed by atoms with Gasteiger partial charge in [-0.1, -0.05) is 0 Å². The molecule has 21 heavy (non-hydrogen) atoms. The summed E-state index contributed by atoms with van der Waals surface area (Å²) < 4.78 is 28.6. The van der Waals surface area contributed by atoms with Crippen LogP contribution >= 0.6 is 15.9 Å². The number of nitrogens with zero attached hydrogens (tertiary/aromatic N) is 2. The third-order valence-corrected chi connectivity index (χ3v) is 3.55. The molecule has 1 aromatic heterocycles. The lowest BCUT2D eigenvalue weighted by atomic mass is 10.2. The highest BCUT2D eigenvalue weighted by Gasteiger charge is 2.20. The second-order valence-corrected chi connectivity index (χ2v) is 5.22. The Morgan fingerprint density at radius 2 is 2.10 bits per heavy atom. The Labute approximate surface area is 128 Å². The zero-order valence-corrected chi connectivity index (χ0v) is 13.0. The number of carbonyl (C=O) groups excluding carboxylic acids is 1. The molecule has 1 amide bonds. The smallest absolute Gasteiger partial charge is 0.276 e. The largest absolute Gasteiger partial charge is 0.395 e. The van der Waals surface area contributed by atoms with E-state index in [9.17, 15) is 13.6 Å². The SMILES string of the molecule is CCn1nc(C)c(N)c1C(=O)Nc1cc(F)c(Br)cc1F. The molecule has 0 atom stereocenters. The topological polar surface area (TPSA) is 72.9 Å². The van der Waals surface area contributed by atoms with Crippen LogP contribution in [-0.2, 0) is 6.54 Å². The van der Waals surface area contributed by atoms with Crippen molar-refractivity contribution in [3.05, 3.63) is 39.6 Å². The molecule has 2 rings (SSSR count). The summed E-state index contributed by atoms with van der Waals surface area (Å²) in [7, 11) is 0. The molecule has 1 heterocycles. The summed E-state index contributed by atoms with van der Waals surface area (Å²) >= 11 is 2.87. The number of aryl methyl sites for hydroxylation is 2. The van der Waals surface area contributed by atoms with Gasteiger partial charge in [0.1, 0.15) is 17.3 Å². The Balaban J connectivity index is 2.37. The fraction of sp³-hybridized carbons (Fsp3) is 0.231. The van der Waals surface area contributed by atoms with Gasteiger partial charge in [-0.3, -0.25) is 9.48 Å². The molecule has 112 valence electrons. The number of benzene rings is 1. The molecule has 3 N–H and O–H groups in total.